The fourth-order valence-electron chi connectivity index (χ4n) is 2.43. The zero-order chi connectivity index (χ0) is 12.3. The Morgan fingerprint density at radius 1 is 1.29 bits per heavy atom. The summed E-state index contributed by atoms with van der Waals surface area (Å²) in [7, 11) is 0. The van der Waals surface area contributed by atoms with Gasteiger partial charge in [0.2, 0.25) is 5.91 Å². The number of hydrogen-bond acceptors (Lipinski definition) is 3. The molecule has 0 unspecified atom stereocenters. The van der Waals surface area contributed by atoms with Crippen molar-refractivity contribution in [2.24, 2.45) is 11.3 Å². The SMILES string of the molecule is O=C(O)C1(C(=O)NCC2CCSCC2)CCC1. The van der Waals surface area contributed by atoms with Gasteiger partial charge in [0.1, 0.15) is 5.41 Å². The van der Waals surface area contributed by atoms with Gasteiger partial charge in [-0.1, -0.05) is 6.42 Å². The summed E-state index contributed by atoms with van der Waals surface area (Å²) in [6, 6.07) is 0. The Balaban J connectivity index is 1.82. The van der Waals surface area contributed by atoms with Crippen molar-refractivity contribution in [1.82, 2.24) is 5.32 Å². The minimum Gasteiger partial charge on any atom is -0.480 e. The predicted molar refractivity (Wildman–Crippen MR) is 67.0 cm³/mol. The van der Waals surface area contributed by atoms with Gasteiger partial charge >= 0.3 is 5.97 Å². The van der Waals surface area contributed by atoms with Crippen LogP contribution in [0.3, 0.4) is 0 Å². The van der Waals surface area contributed by atoms with E-state index in [9.17, 15) is 9.59 Å². The third kappa shape index (κ3) is 2.59. The molecule has 0 aromatic heterocycles. The van der Waals surface area contributed by atoms with Crippen LogP contribution in [-0.2, 0) is 9.59 Å². The summed E-state index contributed by atoms with van der Waals surface area (Å²) in [5.41, 5.74) is -1.11. The molecule has 1 aliphatic carbocycles. The van der Waals surface area contributed by atoms with Gasteiger partial charge in [0.05, 0.1) is 0 Å². The zero-order valence-corrected chi connectivity index (χ0v) is 10.7. The van der Waals surface area contributed by atoms with E-state index in [2.05, 4.69) is 5.32 Å². The van der Waals surface area contributed by atoms with Gasteiger partial charge in [-0.05, 0) is 43.1 Å². The van der Waals surface area contributed by atoms with Gasteiger partial charge in [-0.15, -0.1) is 0 Å². The second-order valence-electron chi connectivity index (χ2n) is 5.01. The maximum Gasteiger partial charge on any atom is 0.319 e. The maximum atomic E-state index is 11.9. The lowest BCUT2D eigenvalue weighted by molar-refractivity contribution is -0.162. The predicted octanol–water partition coefficient (Wildman–Crippen LogP) is 1.50. The summed E-state index contributed by atoms with van der Waals surface area (Å²) in [5, 5.41) is 12.0. The first-order valence-corrected chi connectivity index (χ1v) is 7.40. The molecule has 17 heavy (non-hydrogen) atoms. The van der Waals surface area contributed by atoms with Crippen LogP contribution in [0.15, 0.2) is 0 Å². The Hall–Kier alpha value is -0.710. The summed E-state index contributed by atoms with van der Waals surface area (Å²) in [5.74, 6) is 1.62. The highest BCUT2D eigenvalue weighted by molar-refractivity contribution is 7.99. The molecule has 2 N–H and O–H groups in total. The zero-order valence-electron chi connectivity index (χ0n) is 9.91. The van der Waals surface area contributed by atoms with Gasteiger partial charge in [-0.25, -0.2) is 0 Å². The molecule has 1 saturated heterocycles. The third-order valence-electron chi connectivity index (χ3n) is 3.94. The molecule has 96 valence electrons. The van der Waals surface area contributed by atoms with Gasteiger partial charge in [-0.2, -0.15) is 11.8 Å². The van der Waals surface area contributed by atoms with E-state index in [-0.39, 0.29) is 5.91 Å². The quantitative estimate of drug-likeness (QED) is 0.749. The van der Waals surface area contributed by atoms with Crippen molar-refractivity contribution >= 4 is 23.6 Å². The summed E-state index contributed by atoms with van der Waals surface area (Å²) < 4.78 is 0. The largest absolute Gasteiger partial charge is 0.480 e. The number of carbonyl (C=O) groups is 2. The number of amides is 1. The van der Waals surface area contributed by atoms with E-state index in [1.807, 2.05) is 11.8 Å². The van der Waals surface area contributed by atoms with Crippen LogP contribution in [-0.4, -0.2) is 35.0 Å². The van der Waals surface area contributed by atoms with E-state index in [4.69, 9.17) is 5.11 Å². The maximum absolute atomic E-state index is 11.9. The number of hydrogen-bond donors (Lipinski definition) is 2. The van der Waals surface area contributed by atoms with E-state index in [0.29, 0.717) is 25.3 Å². The van der Waals surface area contributed by atoms with E-state index in [1.54, 1.807) is 0 Å². The summed E-state index contributed by atoms with van der Waals surface area (Å²) in [6.45, 7) is 0.647. The smallest absolute Gasteiger partial charge is 0.319 e. The summed E-state index contributed by atoms with van der Waals surface area (Å²) in [6.07, 6.45) is 4.10. The lowest BCUT2D eigenvalue weighted by Gasteiger charge is -2.36. The molecule has 4 nitrogen and oxygen atoms in total. The topological polar surface area (TPSA) is 66.4 Å². The first-order chi connectivity index (χ1) is 8.15. The fraction of sp³-hybridized carbons (Fsp3) is 0.833. The lowest BCUT2D eigenvalue weighted by atomic mass is 9.68. The summed E-state index contributed by atoms with van der Waals surface area (Å²) >= 11 is 1.95. The molecule has 1 aliphatic heterocycles. The molecular formula is C12H19NO3S. The Bertz CT molecular complexity index is 309. The molecule has 2 rings (SSSR count). The van der Waals surface area contributed by atoms with Gasteiger partial charge in [0.25, 0.3) is 0 Å². The van der Waals surface area contributed by atoms with Crippen molar-refractivity contribution in [3.63, 3.8) is 0 Å². The van der Waals surface area contributed by atoms with Crippen molar-refractivity contribution in [3.05, 3.63) is 0 Å². The number of nitrogens with one attached hydrogen (secondary N) is 1. The van der Waals surface area contributed by atoms with Crippen LogP contribution >= 0.6 is 11.8 Å². The standard InChI is InChI=1S/C12H19NO3S/c14-10(12(11(15)16)4-1-5-12)13-8-9-2-6-17-7-3-9/h9H,1-8H2,(H,13,14)(H,15,16). The van der Waals surface area contributed by atoms with Crippen LogP contribution in [0.2, 0.25) is 0 Å². The molecule has 1 saturated carbocycles. The minimum absolute atomic E-state index is 0.269. The van der Waals surface area contributed by atoms with Gasteiger partial charge in [-0.3, -0.25) is 9.59 Å². The normalized spacial score (nSPS) is 23.8. The van der Waals surface area contributed by atoms with Gasteiger partial charge in [0, 0.05) is 6.54 Å². The first kappa shape index (κ1) is 12.7. The minimum atomic E-state index is -1.11. The molecule has 2 aliphatic rings. The molecule has 1 heterocycles. The number of thioether (sulfide) groups is 1. The molecule has 0 atom stereocenters. The lowest BCUT2D eigenvalue weighted by Crippen LogP contribution is -2.51. The van der Waals surface area contributed by atoms with Gasteiger partial charge < -0.3 is 10.4 Å². The molecule has 0 spiro atoms. The molecule has 0 aromatic rings. The highest BCUT2D eigenvalue weighted by Crippen LogP contribution is 2.41. The Morgan fingerprint density at radius 3 is 2.41 bits per heavy atom. The Morgan fingerprint density at radius 2 is 1.94 bits per heavy atom. The van der Waals surface area contributed by atoms with Crippen LogP contribution in [0.25, 0.3) is 0 Å². The van der Waals surface area contributed by atoms with Crippen LogP contribution in [0.1, 0.15) is 32.1 Å². The number of rotatable bonds is 4. The molecule has 0 aromatic carbocycles. The summed E-state index contributed by atoms with van der Waals surface area (Å²) in [4.78, 5) is 23.1. The number of carbonyl (C=O) groups excluding carboxylic acids is 1. The van der Waals surface area contributed by atoms with Crippen molar-refractivity contribution in [2.45, 2.75) is 32.1 Å². The molecule has 0 radical (unpaired) electrons. The molecule has 2 fully saturated rings. The third-order valence-corrected chi connectivity index (χ3v) is 4.99. The fourth-order valence-corrected chi connectivity index (χ4v) is 3.63. The van der Waals surface area contributed by atoms with Crippen LogP contribution in [0.5, 0.6) is 0 Å². The van der Waals surface area contributed by atoms with E-state index in [0.717, 1.165) is 30.8 Å². The van der Waals surface area contributed by atoms with Crippen molar-refractivity contribution in [2.75, 3.05) is 18.1 Å². The van der Waals surface area contributed by atoms with Crippen molar-refractivity contribution in [1.29, 1.82) is 0 Å². The van der Waals surface area contributed by atoms with Crippen LogP contribution in [0.4, 0.5) is 0 Å². The molecule has 5 heteroatoms. The van der Waals surface area contributed by atoms with E-state index in [1.165, 1.54) is 0 Å². The monoisotopic (exact) mass is 257 g/mol. The number of carboxylic acid groups (broad SMARTS) is 1. The van der Waals surface area contributed by atoms with Crippen LogP contribution in [0, 0.1) is 11.3 Å². The molecular weight excluding hydrogens is 238 g/mol. The van der Waals surface area contributed by atoms with E-state index < -0.39 is 11.4 Å². The number of aliphatic carboxylic acids is 1. The second-order valence-corrected chi connectivity index (χ2v) is 6.23. The Labute approximate surface area is 106 Å². The highest BCUT2D eigenvalue weighted by Gasteiger charge is 2.51. The van der Waals surface area contributed by atoms with E-state index >= 15 is 0 Å². The molecule has 0 bridgehead atoms. The number of carboxylic acids is 1. The average molecular weight is 257 g/mol. The van der Waals surface area contributed by atoms with Crippen molar-refractivity contribution in [3.8, 4) is 0 Å². The first-order valence-electron chi connectivity index (χ1n) is 6.24. The highest BCUT2D eigenvalue weighted by atomic mass is 32.2. The average Bonchev–Trinajstić information content (AvgIpc) is 2.25. The van der Waals surface area contributed by atoms with Crippen LogP contribution < -0.4 is 5.32 Å². The molecule has 1 amide bonds. The van der Waals surface area contributed by atoms with Gasteiger partial charge in [0.15, 0.2) is 0 Å². The Kier molecular flexibility index (Phi) is 3.97. The second kappa shape index (κ2) is 5.29. The van der Waals surface area contributed by atoms with Crippen molar-refractivity contribution < 1.29 is 14.7 Å².